The van der Waals surface area contributed by atoms with Crippen molar-refractivity contribution >= 4 is 23.4 Å². The monoisotopic (exact) mass is 272 g/mol. The predicted molar refractivity (Wildman–Crippen MR) is 70.0 cm³/mol. The van der Waals surface area contributed by atoms with Crippen molar-refractivity contribution in [2.45, 2.75) is 19.6 Å². The number of nitrogens with one attached hydrogen (secondary N) is 1. The lowest BCUT2D eigenvalue weighted by Crippen LogP contribution is -2.37. The largest absolute Gasteiger partial charge is 0.378 e. The minimum atomic E-state index is -0.666. The number of anilines is 2. The summed E-state index contributed by atoms with van der Waals surface area (Å²) in [6.07, 6.45) is -0.0936. The van der Waals surface area contributed by atoms with E-state index >= 15 is 0 Å². The molecule has 1 atom stereocenters. The van der Waals surface area contributed by atoms with Crippen LogP contribution >= 0.6 is 11.6 Å². The van der Waals surface area contributed by atoms with Gasteiger partial charge in [-0.1, -0.05) is 18.5 Å². The highest BCUT2D eigenvalue weighted by Crippen LogP contribution is 2.19. The van der Waals surface area contributed by atoms with Crippen molar-refractivity contribution in [2.24, 2.45) is 0 Å². The molecule has 1 unspecified atom stereocenters. The average molecular weight is 273 g/mol. The van der Waals surface area contributed by atoms with Gasteiger partial charge in [-0.25, -0.2) is 4.98 Å². The molecule has 1 aromatic heterocycles. The van der Waals surface area contributed by atoms with Crippen LogP contribution in [0.25, 0.3) is 0 Å². The van der Waals surface area contributed by atoms with E-state index in [2.05, 4.69) is 20.2 Å². The van der Waals surface area contributed by atoms with E-state index in [1.54, 1.807) is 6.07 Å². The third kappa shape index (κ3) is 3.44. The first-order valence-corrected chi connectivity index (χ1v) is 6.38. The van der Waals surface area contributed by atoms with Crippen LogP contribution in [-0.2, 0) is 4.74 Å². The summed E-state index contributed by atoms with van der Waals surface area (Å²) in [6, 6.07) is 1.72. The van der Waals surface area contributed by atoms with Gasteiger partial charge in [-0.15, -0.1) is 0 Å². The molecule has 0 radical (unpaired) electrons. The third-order valence-electron chi connectivity index (χ3n) is 2.70. The van der Waals surface area contributed by atoms with Crippen LogP contribution in [0.15, 0.2) is 6.07 Å². The van der Waals surface area contributed by atoms with Crippen LogP contribution in [0, 0.1) is 0 Å². The fraction of sp³-hybridized carbons (Fsp3) is 0.636. The number of hydrogen-bond donors (Lipinski definition) is 2. The quantitative estimate of drug-likeness (QED) is 0.632. The van der Waals surface area contributed by atoms with E-state index in [0.717, 1.165) is 18.9 Å². The highest BCUT2D eigenvalue weighted by Gasteiger charge is 2.15. The van der Waals surface area contributed by atoms with Crippen molar-refractivity contribution in [1.29, 1.82) is 0 Å². The topological polar surface area (TPSA) is 70.5 Å². The van der Waals surface area contributed by atoms with E-state index < -0.39 is 6.23 Å². The number of rotatable bonds is 4. The first-order chi connectivity index (χ1) is 8.69. The zero-order chi connectivity index (χ0) is 13.0. The fourth-order valence-electron chi connectivity index (χ4n) is 1.68. The standard InChI is InChI=1S/C11H17ClN4O2/c1-2-10(17)15-11-13-8(12)7-9(14-11)16-3-5-18-6-4-16/h7,10,17H,2-6H2,1H3,(H,13,14,15). The van der Waals surface area contributed by atoms with Gasteiger partial charge in [0, 0.05) is 19.2 Å². The third-order valence-corrected chi connectivity index (χ3v) is 2.89. The van der Waals surface area contributed by atoms with E-state index in [9.17, 15) is 5.11 Å². The van der Waals surface area contributed by atoms with Gasteiger partial charge in [0.2, 0.25) is 5.95 Å². The lowest BCUT2D eigenvalue weighted by molar-refractivity contribution is 0.122. The average Bonchev–Trinajstić information content (AvgIpc) is 2.39. The Morgan fingerprint density at radius 3 is 2.89 bits per heavy atom. The van der Waals surface area contributed by atoms with Crippen molar-refractivity contribution in [3.8, 4) is 0 Å². The number of ether oxygens (including phenoxy) is 1. The molecule has 2 rings (SSSR count). The second kappa shape index (κ2) is 6.17. The van der Waals surface area contributed by atoms with Gasteiger partial charge in [0.1, 0.15) is 17.2 Å². The molecule has 0 saturated carbocycles. The molecule has 0 spiro atoms. The van der Waals surface area contributed by atoms with Gasteiger partial charge in [0.15, 0.2) is 0 Å². The van der Waals surface area contributed by atoms with Gasteiger partial charge in [-0.2, -0.15) is 4.98 Å². The summed E-state index contributed by atoms with van der Waals surface area (Å²) in [4.78, 5) is 10.5. The molecule has 2 heterocycles. The Kier molecular flexibility index (Phi) is 4.57. The molecule has 1 aliphatic rings. The Labute approximate surface area is 111 Å². The fourth-order valence-corrected chi connectivity index (χ4v) is 1.85. The van der Waals surface area contributed by atoms with Crippen molar-refractivity contribution in [3.05, 3.63) is 11.2 Å². The molecule has 100 valence electrons. The Bertz CT molecular complexity index is 399. The minimum absolute atomic E-state index is 0.346. The van der Waals surface area contributed by atoms with Crippen LogP contribution in [-0.4, -0.2) is 47.6 Å². The number of halogens is 1. The van der Waals surface area contributed by atoms with E-state index in [0.29, 0.717) is 30.7 Å². The van der Waals surface area contributed by atoms with Crippen LogP contribution in [0.5, 0.6) is 0 Å². The zero-order valence-electron chi connectivity index (χ0n) is 10.3. The van der Waals surface area contributed by atoms with Crippen LogP contribution in [0.2, 0.25) is 5.15 Å². The normalized spacial score (nSPS) is 17.6. The smallest absolute Gasteiger partial charge is 0.228 e. The van der Waals surface area contributed by atoms with E-state index in [1.165, 1.54) is 0 Å². The lowest BCUT2D eigenvalue weighted by Gasteiger charge is -2.28. The number of nitrogens with zero attached hydrogens (tertiary/aromatic N) is 3. The molecule has 1 aliphatic heterocycles. The molecule has 1 fully saturated rings. The zero-order valence-corrected chi connectivity index (χ0v) is 11.0. The highest BCUT2D eigenvalue weighted by molar-refractivity contribution is 6.29. The van der Waals surface area contributed by atoms with Gasteiger partial charge >= 0.3 is 0 Å². The first kappa shape index (κ1) is 13.3. The van der Waals surface area contributed by atoms with E-state index in [1.807, 2.05) is 6.92 Å². The van der Waals surface area contributed by atoms with Crippen LogP contribution in [0.1, 0.15) is 13.3 Å². The Morgan fingerprint density at radius 1 is 1.50 bits per heavy atom. The van der Waals surface area contributed by atoms with Crippen LogP contribution in [0.4, 0.5) is 11.8 Å². The minimum Gasteiger partial charge on any atom is -0.378 e. The lowest BCUT2D eigenvalue weighted by atomic mass is 10.4. The molecule has 0 bridgehead atoms. The van der Waals surface area contributed by atoms with Gasteiger partial charge in [-0.05, 0) is 6.42 Å². The first-order valence-electron chi connectivity index (χ1n) is 6.01. The summed E-state index contributed by atoms with van der Waals surface area (Å²) in [6.45, 7) is 4.79. The molecule has 0 aromatic carbocycles. The molecule has 1 saturated heterocycles. The Morgan fingerprint density at radius 2 is 2.22 bits per heavy atom. The predicted octanol–water partition coefficient (Wildman–Crippen LogP) is 1.11. The summed E-state index contributed by atoms with van der Waals surface area (Å²) < 4.78 is 5.29. The van der Waals surface area contributed by atoms with E-state index in [-0.39, 0.29) is 0 Å². The van der Waals surface area contributed by atoms with Crippen molar-refractivity contribution in [1.82, 2.24) is 9.97 Å². The molecule has 7 heteroatoms. The van der Waals surface area contributed by atoms with Crippen molar-refractivity contribution in [3.63, 3.8) is 0 Å². The molecule has 2 N–H and O–H groups in total. The second-order valence-corrected chi connectivity index (χ2v) is 4.43. The number of morpholine rings is 1. The number of aliphatic hydroxyl groups excluding tert-OH is 1. The van der Waals surface area contributed by atoms with Crippen molar-refractivity contribution in [2.75, 3.05) is 36.5 Å². The molecule has 18 heavy (non-hydrogen) atoms. The van der Waals surface area contributed by atoms with Gasteiger partial charge < -0.3 is 20.1 Å². The Balaban J connectivity index is 2.14. The highest BCUT2D eigenvalue weighted by atomic mass is 35.5. The SMILES string of the molecule is CCC(O)Nc1nc(Cl)cc(N2CCOCC2)n1. The summed E-state index contributed by atoms with van der Waals surface area (Å²) in [5.74, 6) is 1.10. The summed E-state index contributed by atoms with van der Waals surface area (Å²) in [5, 5.41) is 12.7. The maximum atomic E-state index is 9.54. The number of hydrogen-bond acceptors (Lipinski definition) is 6. The maximum absolute atomic E-state index is 9.54. The van der Waals surface area contributed by atoms with E-state index in [4.69, 9.17) is 16.3 Å². The van der Waals surface area contributed by atoms with Crippen molar-refractivity contribution < 1.29 is 9.84 Å². The molecule has 0 amide bonds. The van der Waals surface area contributed by atoms with Crippen LogP contribution < -0.4 is 10.2 Å². The second-order valence-electron chi connectivity index (χ2n) is 4.04. The number of aliphatic hydroxyl groups is 1. The number of aromatic nitrogens is 2. The Hall–Kier alpha value is -1.11. The van der Waals surface area contributed by atoms with Gasteiger partial charge in [0.05, 0.1) is 13.2 Å². The molecule has 0 aliphatic carbocycles. The summed E-state index contributed by atoms with van der Waals surface area (Å²) in [7, 11) is 0. The van der Waals surface area contributed by atoms with Crippen LogP contribution in [0.3, 0.4) is 0 Å². The molecular formula is C11H17ClN4O2. The molecule has 6 nitrogen and oxygen atoms in total. The van der Waals surface area contributed by atoms with Gasteiger partial charge in [0.25, 0.3) is 0 Å². The summed E-state index contributed by atoms with van der Waals surface area (Å²) >= 11 is 5.97. The molecule has 1 aromatic rings. The van der Waals surface area contributed by atoms with Gasteiger partial charge in [-0.3, -0.25) is 0 Å². The molecular weight excluding hydrogens is 256 g/mol. The summed E-state index contributed by atoms with van der Waals surface area (Å²) in [5.41, 5.74) is 0. The maximum Gasteiger partial charge on any atom is 0.228 e.